The van der Waals surface area contributed by atoms with Gasteiger partial charge in [-0.3, -0.25) is 4.79 Å². The van der Waals surface area contributed by atoms with Crippen molar-refractivity contribution in [1.82, 2.24) is 5.32 Å². The summed E-state index contributed by atoms with van der Waals surface area (Å²) in [4.78, 5) is 12.3. The van der Waals surface area contributed by atoms with Crippen molar-refractivity contribution in [2.24, 2.45) is 17.6 Å². The van der Waals surface area contributed by atoms with E-state index in [1.165, 1.54) is 19.3 Å². The van der Waals surface area contributed by atoms with Gasteiger partial charge in [0.15, 0.2) is 0 Å². The van der Waals surface area contributed by atoms with Crippen molar-refractivity contribution < 1.29 is 4.79 Å². The first-order chi connectivity index (χ1) is 10.1. The molecule has 3 nitrogen and oxygen atoms in total. The molecule has 1 fully saturated rings. The highest BCUT2D eigenvalue weighted by Crippen LogP contribution is 2.30. The van der Waals surface area contributed by atoms with E-state index < -0.39 is 0 Å². The van der Waals surface area contributed by atoms with Crippen LogP contribution >= 0.6 is 0 Å². The molecule has 3 N–H and O–H groups in total. The highest BCUT2D eigenvalue weighted by molar-refractivity contribution is 5.77. The summed E-state index contributed by atoms with van der Waals surface area (Å²) < 4.78 is 0. The second-order valence-corrected chi connectivity index (χ2v) is 6.59. The van der Waals surface area contributed by atoms with Crippen LogP contribution in [0.2, 0.25) is 0 Å². The third-order valence-corrected chi connectivity index (χ3v) is 4.66. The van der Waals surface area contributed by atoms with Crippen LogP contribution in [0.4, 0.5) is 0 Å². The van der Waals surface area contributed by atoms with Gasteiger partial charge in [0.25, 0.3) is 0 Å². The lowest BCUT2D eigenvalue weighted by Crippen LogP contribution is -2.44. The van der Waals surface area contributed by atoms with Gasteiger partial charge in [-0.15, -0.1) is 0 Å². The molecule has 3 unspecified atom stereocenters. The lowest BCUT2D eigenvalue weighted by molar-refractivity contribution is -0.122. The number of hydrogen-bond donors (Lipinski definition) is 2. The van der Waals surface area contributed by atoms with Crippen molar-refractivity contribution in [2.45, 2.75) is 58.0 Å². The summed E-state index contributed by atoms with van der Waals surface area (Å²) in [6.07, 6.45) is 5.21. The molecule has 0 aliphatic heterocycles. The Morgan fingerprint density at radius 2 is 1.90 bits per heavy atom. The lowest BCUT2D eigenvalue weighted by Gasteiger charge is -2.35. The van der Waals surface area contributed by atoms with Crippen LogP contribution in [-0.4, -0.2) is 11.9 Å². The predicted octanol–water partition coefficient (Wildman–Crippen LogP) is 3.41. The van der Waals surface area contributed by atoms with Gasteiger partial charge in [-0.05, 0) is 30.2 Å². The molecule has 0 radical (unpaired) electrons. The Kier molecular flexibility index (Phi) is 5.80. The SMILES string of the molecule is CC(C)C1CCCCC1NC(=O)CC(N)c1ccccc1. The summed E-state index contributed by atoms with van der Waals surface area (Å²) in [5.41, 5.74) is 7.16. The highest BCUT2D eigenvalue weighted by Gasteiger charge is 2.28. The number of carbonyl (C=O) groups is 1. The fraction of sp³-hybridized carbons (Fsp3) is 0.611. The second kappa shape index (κ2) is 7.60. The molecule has 0 aromatic heterocycles. The Balaban J connectivity index is 1.88. The Morgan fingerprint density at radius 1 is 1.24 bits per heavy atom. The second-order valence-electron chi connectivity index (χ2n) is 6.59. The number of rotatable bonds is 5. The zero-order chi connectivity index (χ0) is 15.2. The number of hydrogen-bond acceptors (Lipinski definition) is 2. The Morgan fingerprint density at radius 3 is 2.57 bits per heavy atom. The van der Waals surface area contributed by atoms with E-state index in [0.717, 1.165) is 12.0 Å². The molecule has 1 aromatic carbocycles. The zero-order valence-corrected chi connectivity index (χ0v) is 13.2. The Labute approximate surface area is 128 Å². The number of amides is 1. The van der Waals surface area contributed by atoms with Gasteiger partial charge < -0.3 is 11.1 Å². The molecule has 1 aliphatic rings. The van der Waals surface area contributed by atoms with Crippen LogP contribution in [0.1, 0.15) is 57.6 Å². The quantitative estimate of drug-likeness (QED) is 0.872. The minimum Gasteiger partial charge on any atom is -0.353 e. The number of carbonyl (C=O) groups excluding carboxylic acids is 1. The van der Waals surface area contributed by atoms with Crippen LogP contribution in [-0.2, 0) is 4.79 Å². The van der Waals surface area contributed by atoms with Gasteiger partial charge in [0.05, 0.1) is 0 Å². The largest absolute Gasteiger partial charge is 0.353 e. The molecule has 1 aromatic rings. The van der Waals surface area contributed by atoms with Crippen molar-refractivity contribution in [3.05, 3.63) is 35.9 Å². The first-order valence-electron chi connectivity index (χ1n) is 8.18. The molecule has 1 amide bonds. The van der Waals surface area contributed by atoms with Gasteiger partial charge in [0.1, 0.15) is 0 Å². The lowest BCUT2D eigenvalue weighted by atomic mass is 9.78. The van der Waals surface area contributed by atoms with E-state index in [1.807, 2.05) is 30.3 Å². The highest BCUT2D eigenvalue weighted by atomic mass is 16.1. The smallest absolute Gasteiger partial charge is 0.222 e. The molecule has 3 atom stereocenters. The fourth-order valence-electron chi connectivity index (χ4n) is 3.42. The van der Waals surface area contributed by atoms with Crippen LogP contribution in [0.25, 0.3) is 0 Å². The molecule has 1 aliphatic carbocycles. The summed E-state index contributed by atoms with van der Waals surface area (Å²) in [7, 11) is 0. The van der Waals surface area contributed by atoms with E-state index in [9.17, 15) is 4.79 Å². The van der Waals surface area contributed by atoms with E-state index >= 15 is 0 Å². The minimum absolute atomic E-state index is 0.0869. The van der Waals surface area contributed by atoms with Gasteiger partial charge in [0, 0.05) is 18.5 Å². The maximum Gasteiger partial charge on any atom is 0.222 e. The number of nitrogens with two attached hydrogens (primary N) is 1. The van der Waals surface area contributed by atoms with Crippen molar-refractivity contribution in [3.63, 3.8) is 0 Å². The van der Waals surface area contributed by atoms with Crippen LogP contribution in [0, 0.1) is 11.8 Å². The molecule has 116 valence electrons. The summed E-state index contributed by atoms with van der Waals surface area (Å²) >= 11 is 0. The first kappa shape index (κ1) is 16.0. The van der Waals surface area contributed by atoms with Crippen molar-refractivity contribution in [2.75, 3.05) is 0 Å². The van der Waals surface area contributed by atoms with E-state index in [1.54, 1.807) is 0 Å². The fourth-order valence-corrected chi connectivity index (χ4v) is 3.42. The van der Waals surface area contributed by atoms with Gasteiger partial charge in [-0.25, -0.2) is 0 Å². The molecular weight excluding hydrogens is 260 g/mol. The van der Waals surface area contributed by atoms with Gasteiger partial charge in [-0.2, -0.15) is 0 Å². The van der Waals surface area contributed by atoms with Crippen molar-refractivity contribution in [3.8, 4) is 0 Å². The third kappa shape index (κ3) is 4.57. The number of nitrogens with one attached hydrogen (secondary N) is 1. The summed E-state index contributed by atoms with van der Waals surface area (Å²) in [6.45, 7) is 4.51. The Bertz CT molecular complexity index is 444. The van der Waals surface area contributed by atoms with E-state index in [2.05, 4.69) is 19.2 Å². The van der Waals surface area contributed by atoms with Crippen LogP contribution in [0.5, 0.6) is 0 Å². The first-order valence-corrected chi connectivity index (χ1v) is 8.18. The predicted molar refractivity (Wildman–Crippen MR) is 86.7 cm³/mol. The normalized spacial score (nSPS) is 23.8. The Hall–Kier alpha value is -1.35. The van der Waals surface area contributed by atoms with Crippen molar-refractivity contribution in [1.29, 1.82) is 0 Å². The van der Waals surface area contributed by atoms with Crippen molar-refractivity contribution >= 4 is 5.91 Å². The van der Waals surface area contributed by atoms with Gasteiger partial charge >= 0.3 is 0 Å². The standard InChI is InChI=1S/C18H28N2O/c1-13(2)15-10-6-7-11-17(15)20-18(21)12-16(19)14-8-4-3-5-9-14/h3-5,8-9,13,15-17H,6-7,10-12,19H2,1-2H3,(H,20,21). The maximum absolute atomic E-state index is 12.3. The van der Waals surface area contributed by atoms with Gasteiger partial charge in [0.2, 0.25) is 5.91 Å². The summed E-state index contributed by atoms with van der Waals surface area (Å²) in [5, 5.41) is 3.23. The third-order valence-electron chi connectivity index (χ3n) is 4.66. The van der Waals surface area contributed by atoms with Crippen LogP contribution < -0.4 is 11.1 Å². The molecule has 21 heavy (non-hydrogen) atoms. The minimum atomic E-state index is -0.215. The van der Waals surface area contributed by atoms with E-state index in [0.29, 0.717) is 24.3 Å². The summed E-state index contributed by atoms with van der Waals surface area (Å²) in [5.74, 6) is 1.32. The molecule has 1 saturated carbocycles. The van der Waals surface area contributed by atoms with E-state index in [4.69, 9.17) is 5.73 Å². The zero-order valence-electron chi connectivity index (χ0n) is 13.2. The molecule has 0 heterocycles. The molecule has 0 spiro atoms. The molecular formula is C18H28N2O. The maximum atomic E-state index is 12.3. The van der Waals surface area contributed by atoms with Gasteiger partial charge in [-0.1, -0.05) is 57.0 Å². The van der Waals surface area contributed by atoms with Crippen LogP contribution in [0.3, 0.4) is 0 Å². The topological polar surface area (TPSA) is 55.1 Å². The monoisotopic (exact) mass is 288 g/mol. The average molecular weight is 288 g/mol. The van der Waals surface area contributed by atoms with Crippen LogP contribution in [0.15, 0.2) is 30.3 Å². The number of benzene rings is 1. The summed E-state index contributed by atoms with van der Waals surface area (Å²) in [6, 6.07) is 9.96. The molecule has 3 heteroatoms. The molecule has 0 bridgehead atoms. The molecule has 0 saturated heterocycles. The average Bonchev–Trinajstić information content (AvgIpc) is 2.48. The molecule has 2 rings (SSSR count). The van der Waals surface area contributed by atoms with E-state index in [-0.39, 0.29) is 11.9 Å².